The van der Waals surface area contributed by atoms with Gasteiger partial charge >= 0.3 is 5.97 Å². The summed E-state index contributed by atoms with van der Waals surface area (Å²) in [5.41, 5.74) is 3.38. The molecule has 2 atom stereocenters. The maximum atomic E-state index is 13.8. The number of hydroxylamine groups is 2. The van der Waals surface area contributed by atoms with Crippen molar-refractivity contribution in [2.45, 2.75) is 106 Å². The highest BCUT2D eigenvalue weighted by Crippen LogP contribution is 2.51. The van der Waals surface area contributed by atoms with Crippen molar-refractivity contribution in [1.82, 2.24) is 9.79 Å². The molecule has 2 aromatic carbocycles. The summed E-state index contributed by atoms with van der Waals surface area (Å²) in [6, 6.07) is 9.84. The number of nitrogens with one attached hydrogen (secondary N) is 1. The zero-order valence-electron chi connectivity index (χ0n) is 42.1. The number of unbranched alkanes of at least 4 members (excludes halogenated alkanes) is 3. The van der Waals surface area contributed by atoms with Crippen LogP contribution in [0.5, 0.6) is 0 Å². The molecule has 0 bridgehead atoms. The van der Waals surface area contributed by atoms with E-state index in [1.165, 1.54) is 6.07 Å². The van der Waals surface area contributed by atoms with Gasteiger partial charge in [0.15, 0.2) is 5.71 Å². The Labute approximate surface area is 419 Å². The lowest BCUT2D eigenvalue weighted by Crippen LogP contribution is -2.33. The molecular formula is C50H73N4O15S2+. The average molecular weight is 1030 g/mol. The molecule has 1 saturated heterocycles. The largest absolute Gasteiger partial charge is 0.382 e. The lowest BCUT2D eigenvalue weighted by atomic mass is 9.75. The predicted molar refractivity (Wildman–Crippen MR) is 265 cm³/mol. The van der Waals surface area contributed by atoms with Crippen molar-refractivity contribution in [2.75, 3.05) is 105 Å². The smallest absolute Gasteiger partial charge is 0.333 e. The molecule has 2 N–H and O–H groups in total. The van der Waals surface area contributed by atoms with Gasteiger partial charge in [-0.25, -0.2) is 17.9 Å². The molecule has 5 rings (SSSR count). The van der Waals surface area contributed by atoms with E-state index in [-0.39, 0.29) is 42.2 Å². The molecular weight excluding hydrogens is 961 g/mol. The van der Waals surface area contributed by atoms with Crippen molar-refractivity contribution in [3.63, 3.8) is 0 Å². The number of ether oxygens (including phenoxy) is 6. The Bertz CT molecular complexity index is 2460. The molecule has 0 spiro atoms. The Morgan fingerprint density at radius 2 is 1.39 bits per heavy atom. The number of carbonyl (C=O) groups is 3. The Morgan fingerprint density at radius 3 is 2.04 bits per heavy atom. The van der Waals surface area contributed by atoms with Gasteiger partial charge in [0.05, 0.1) is 68.1 Å². The number of nitrogens with zero attached hydrogens (tertiary/aromatic N) is 3. The summed E-state index contributed by atoms with van der Waals surface area (Å²) in [6.07, 6.45) is 10.4. The van der Waals surface area contributed by atoms with Crippen LogP contribution >= 0.6 is 0 Å². The molecule has 2 aromatic rings. The van der Waals surface area contributed by atoms with E-state index < -0.39 is 48.8 Å². The van der Waals surface area contributed by atoms with E-state index in [0.29, 0.717) is 103 Å². The Balaban J connectivity index is 1.54. The number of methoxy groups -OCH3 is 3. The minimum Gasteiger partial charge on any atom is -0.382 e. The number of anilines is 1. The maximum Gasteiger partial charge on any atom is 0.333 e. The van der Waals surface area contributed by atoms with E-state index in [4.69, 9.17) is 33.3 Å². The number of fused-ring (bicyclic) bond motifs is 2. The van der Waals surface area contributed by atoms with Gasteiger partial charge in [-0.2, -0.15) is 13.0 Å². The van der Waals surface area contributed by atoms with Gasteiger partial charge in [0.25, 0.3) is 21.9 Å². The van der Waals surface area contributed by atoms with Crippen molar-refractivity contribution < 1.29 is 73.6 Å². The fourth-order valence-electron chi connectivity index (χ4n) is 9.17. The van der Waals surface area contributed by atoms with Gasteiger partial charge in [0.2, 0.25) is 15.7 Å². The van der Waals surface area contributed by atoms with E-state index in [1.54, 1.807) is 45.6 Å². The molecule has 1 fully saturated rings. The predicted octanol–water partition coefficient (Wildman–Crippen LogP) is 5.52. The van der Waals surface area contributed by atoms with Gasteiger partial charge in [-0.1, -0.05) is 32.3 Å². The second-order valence-corrected chi connectivity index (χ2v) is 21.2. The summed E-state index contributed by atoms with van der Waals surface area (Å²) in [4.78, 5) is 43.7. The highest BCUT2D eigenvalue weighted by Gasteiger charge is 2.48. The number of hydrogen-bond acceptors (Lipinski definition) is 15. The van der Waals surface area contributed by atoms with E-state index >= 15 is 0 Å². The van der Waals surface area contributed by atoms with Gasteiger partial charge in [-0.3, -0.25) is 14.1 Å². The molecule has 71 heavy (non-hydrogen) atoms. The van der Waals surface area contributed by atoms with Crippen LogP contribution in [-0.4, -0.2) is 155 Å². The third-order valence-corrected chi connectivity index (χ3v) is 15.4. The van der Waals surface area contributed by atoms with E-state index in [0.717, 1.165) is 46.8 Å². The fourth-order valence-corrected chi connectivity index (χ4v) is 10.7. The molecule has 2 unspecified atom stereocenters. The average Bonchev–Trinajstić information content (AvgIpc) is 3.87. The third kappa shape index (κ3) is 14.9. The van der Waals surface area contributed by atoms with Crippen LogP contribution in [-0.2, 0) is 78.6 Å². The van der Waals surface area contributed by atoms with Crippen LogP contribution in [0.1, 0.15) is 96.1 Å². The Morgan fingerprint density at radius 1 is 0.761 bits per heavy atom. The summed E-state index contributed by atoms with van der Waals surface area (Å²) in [6.45, 7) is 10.5. The Hall–Kier alpha value is -4.42. The van der Waals surface area contributed by atoms with Crippen LogP contribution in [0.15, 0.2) is 70.1 Å². The molecule has 2 amide bonds. The molecule has 0 radical (unpaired) electrons. The first-order valence-electron chi connectivity index (χ1n) is 24.3. The van der Waals surface area contributed by atoms with Crippen LogP contribution in [0.2, 0.25) is 0 Å². The molecule has 3 heterocycles. The standard InChI is InChI=1S/C50H72N4O15S2/c1-7-8-25-52-42-19-17-39(71(60,61)62)37-41(42)49(2,22-11-9-10-15-48(57)69-54-46(55)20-21-47(54)56)44(52)13-12-14-45-50(3,23-27-66-33-30-63-4)40-36-38(70(58,59)51-24-28-67-34-31-64-5)16-18-43(40)53(45)26-29-68-35-32-65-6/h12-14,16-19,36-37,51H,7-11,15,20-35H2,1-6H3/p+1. The summed E-state index contributed by atoms with van der Waals surface area (Å²) in [5.74, 6) is -1.76. The van der Waals surface area contributed by atoms with Crippen LogP contribution < -0.4 is 9.62 Å². The van der Waals surface area contributed by atoms with Crippen molar-refractivity contribution >= 4 is 55.0 Å². The summed E-state index contributed by atoms with van der Waals surface area (Å²) in [7, 11) is -3.73. The summed E-state index contributed by atoms with van der Waals surface area (Å²) >= 11 is 0. The monoisotopic (exact) mass is 1030 g/mol. The normalized spacial score (nSPS) is 19.8. The van der Waals surface area contributed by atoms with Crippen LogP contribution in [0, 0.1) is 0 Å². The quantitative estimate of drug-likeness (QED) is 0.0388. The van der Waals surface area contributed by atoms with Crippen LogP contribution in [0.4, 0.5) is 11.4 Å². The Kier molecular flexibility index (Phi) is 21.9. The molecule has 394 valence electrons. The van der Waals surface area contributed by atoms with Crippen molar-refractivity contribution in [1.29, 1.82) is 0 Å². The molecule has 19 nitrogen and oxygen atoms in total. The van der Waals surface area contributed by atoms with Crippen molar-refractivity contribution in [3.8, 4) is 0 Å². The first-order valence-corrected chi connectivity index (χ1v) is 27.2. The molecule has 3 aliphatic rings. The van der Waals surface area contributed by atoms with Crippen LogP contribution in [0.3, 0.4) is 0 Å². The van der Waals surface area contributed by atoms with Crippen molar-refractivity contribution in [3.05, 3.63) is 71.5 Å². The third-order valence-electron chi connectivity index (χ3n) is 13.1. The topological polar surface area (TPSA) is 226 Å². The molecule has 3 aliphatic heterocycles. The molecule has 0 aliphatic carbocycles. The van der Waals surface area contributed by atoms with E-state index in [9.17, 15) is 35.8 Å². The maximum absolute atomic E-state index is 13.8. The van der Waals surface area contributed by atoms with Gasteiger partial charge in [0, 0.05) is 101 Å². The fraction of sp³-hybridized carbons (Fsp3) is 0.600. The van der Waals surface area contributed by atoms with Gasteiger partial charge in [-0.05, 0) is 75.1 Å². The number of imide groups is 1. The van der Waals surface area contributed by atoms with Crippen LogP contribution in [0.25, 0.3) is 0 Å². The van der Waals surface area contributed by atoms with E-state index in [1.807, 2.05) is 24.3 Å². The number of carbonyl (C=O) groups excluding carboxylic acids is 3. The molecule has 0 aromatic heterocycles. The number of benzene rings is 2. The second kappa shape index (κ2) is 27.0. The summed E-state index contributed by atoms with van der Waals surface area (Å²) in [5, 5.41) is 0.545. The van der Waals surface area contributed by atoms with Crippen molar-refractivity contribution in [2.24, 2.45) is 0 Å². The molecule has 21 heteroatoms. The minimum atomic E-state index is -4.55. The lowest BCUT2D eigenvalue weighted by molar-refractivity contribution is -0.438. The SMILES string of the molecule is CCCC[N+]1=C(C=CC=C2N(CCOCCOC)c3ccc(S(=O)(=O)NCCOCCOC)cc3C2(C)CCOCCOC)C(C)(CCCCCC(=O)ON2C(=O)CCC2=O)c2cc(S(=O)(=O)O)ccc21. The zero-order valence-corrected chi connectivity index (χ0v) is 43.7. The highest BCUT2D eigenvalue weighted by molar-refractivity contribution is 7.89. The number of rotatable bonds is 33. The van der Waals surface area contributed by atoms with Gasteiger partial charge in [0.1, 0.15) is 6.54 Å². The minimum absolute atomic E-state index is 0.00365. The number of allylic oxidation sites excluding steroid dienone is 4. The highest BCUT2D eigenvalue weighted by atomic mass is 32.2. The van der Waals surface area contributed by atoms with E-state index in [2.05, 4.69) is 35.0 Å². The summed E-state index contributed by atoms with van der Waals surface area (Å²) < 4.78 is 101. The number of hydrogen-bond donors (Lipinski definition) is 2. The van der Waals surface area contributed by atoms with Gasteiger partial charge in [-0.15, -0.1) is 5.06 Å². The first kappa shape index (κ1) is 57.5. The second-order valence-electron chi connectivity index (χ2n) is 18.0. The number of amides is 2. The first-order chi connectivity index (χ1) is 34.0. The number of sulfonamides is 1. The lowest BCUT2D eigenvalue weighted by Gasteiger charge is -2.30. The molecule has 0 saturated carbocycles. The zero-order chi connectivity index (χ0) is 51.7. The van der Waals surface area contributed by atoms with Gasteiger partial charge < -0.3 is 38.2 Å².